The van der Waals surface area contributed by atoms with E-state index in [1.165, 1.54) is 5.56 Å². The van der Waals surface area contributed by atoms with Crippen molar-refractivity contribution in [3.05, 3.63) is 173 Å². The average Bonchev–Trinajstić information content (AvgIpc) is 4.01. The Bertz CT molecular complexity index is 2910. The van der Waals surface area contributed by atoms with Gasteiger partial charge in [0.2, 0.25) is 11.8 Å². The van der Waals surface area contributed by atoms with Gasteiger partial charge in [-0.25, -0.2) is 4.68 Å². The molecule has 5 aliphatic rings. The third kappa shape index (κ3) is 8.49. The minimum absolute atomic E-state index is 0.113. The third-order valence-electron chi connectivity index (χ3n) is 12.9. The lowest BCUT2D eigenvalue weighted by molar-refractivity contribution is -0.127. The van der Waals surface area contributed by atoms with Gasteiger partial charge in [-0.2, -0.15) is 0 Å². The number of hydrogen-bond acceptors (Lipinski definition) is 9. The van der Waals surface area contributed by atoms with Crippen molar-refractivity contribution >= 4 is 34.7 Å². The number of carbonyl (C=O) groups excluding carboxylic acids is 4. The topological polar surface area (TPSA) is 157 Å². The Morgan fingerprint density at radius 3 is 1.91 bits per heavy atom. The molecule has 0 saturated carbocycles. The summed E-state index contributed by atoms with van der Waals surface area (Å²) in [5.41, 5.74) is 9.52. The maximum atomic E-state index is 13.1. The van der Waals surface area contributed by atoms with Gasteiger partial charge >= 0.3 is 0 Å². The van der Waals surface area contributed by atoms with E-state index in [4.69, 9.17) is 14.2 Å². The van der Waals surface area contributed by atoms with Crippen molar-refractivity contribution in [3.8, 4) is 17.2 Å². The highest BCUT2D eigenvalue weighted by Crippen LogP contribution is 2.36. The van der Waals surface area contributed by atoms with Crippen LogP contribution in [0.4, 0.5) is 0 Å². The van der Waals surface area contributed by atoms with Crippen molar-refractivity contribution < 1.29 is 33.4 Å². The smallest absolute Gasteiger partial charge is 0.255 e. The molecular weight excluding hydrogens is 835 g/mol. The van der Waals surface area contributed by atoms with Crippen molar-refractivity contribution in [2.24, 2.45) is 5.92 Å². The fraction of sp³-hybridized carbons (Fsp3) is 0.269. The number of allylic oxidation sites excluding steroid dienone is 2. The number of carbonyl (C=O) groups is 4. The molecule has 14 heteroatoms. The van der Waals surface area contributed by atoms with Crippen molar-refractivity contribution in [2.45, 2.75) is 70.4 Å². The maximum Gasteiger partial charge on any atom is 0.255 e. The Kier molecular flexibility index (Phi) is 11.5. The molecule has 66 heavy (non-hydrogen) atoms. The molecule has 0 aliphatic carbocycles. The molecule has 14 nitrogen and oxygen atoms in total. The van der Waals surface area contributed by atoms with Crippen LogP contribution in [0, 0.1) is 5.92 Å². The van der Waals surface area contributed by atoms with Crippen LogP contribution in [0.25, 0.3) is 11.0 Å². The first kappa shape index (κ1) is 42.2. The van der Waals surface area contributed by atoms with Crippen LogP contribution in [0.2, 0.25) is 0 Å². The van der Waals surface area contributed by atoms with E-state index >= 15 is 0 Å². The van der Waals surface area contributed by atoms with Gasteiger partial charge in [0.25, 0.3) is 11.8 Å². The molecule has 1 aromatic heterocycles. The van der Waals surface area contributed by atoms with Crippen molar-refractivity contribution in [2.75, 3.05) is 13.2 Å². The van der Waals surface area contributed by atoms with Crippen molar-refractivity contribution in [3.63, 3.8) is 0 Å². The Morgan fingerprint density at radius 2 is 1.26 bits per heavy atom. The molecule has 3 atom stereocenters. The molecule has 0 radical (unpaired) electrons. The highest BCUT2D eigenvalue weighted by molar-refractivity contribution is 6.03. The number of rotatable bonds is 10. The first-order chi connectivity index (χ1) is 32.2. The number of hydrogen-bond donors (Lipinski definition) is 2. The van der Waals surface area contributed by atoms with E-state index in [1.54, 1.807) is 15.9 Å². The van der Waals surface area contributed by atoms with Crippen molar-refractivity contribution in [1.82, 2.24) is 35.4 Å². The number of piperidine rings is 2. The monoisotopic (exact) mass is 883 g/mol. The molecule has 0 spiro atoms. The lowest BCUT2D eigenvalue weighted by Crippen LogP contribution is -2.49. The molecule has 6 heterocycles. The average molecular weight is 884 g/mol. The number of aromatic nitrogens is 3. The summed E-state index contributed by atoms with van der Waals surface area (Å²) in [5, 5.41) is 14.0. The van der Waals surface area contributed by atoms with Gasteiger partial charge in [-0.1, -0.05) is 85.1 Å². The highest BCUT2D eigenvalue weighted by Gasteiger charge is 2.41. The number of para-hydroxylation sites is 2. The zero-order valence-electron chi connectivity index (χ0n) is 36.4. The van der Waals surface area contributed by atoms with E-state index in [0.29, 0.717) is 99.2 Å². The molecule has 2 saturated heterocycles. The molecule has 4 amide bonds. The fourth-order valence-corrected chi connectivity index (χ4v) is 9.36. The van der Waals surface area contributed by atoms with Crippen LogP contribution in [0.15, 0.2) is 134 Å². The second-order valence-corrected chi connectivity index (χ2v) is 17.4. The fourth-order valence-electron chi connectivity index (χ4n) is 9.36. The Morgan fingerprint density at radius 1 is 0.667 bits per heavy atom. The van der Waals surface area contributed by atoms with Crippen molar-refractivity contribution in [1.29, 1.82) is 0 Å². The standard InChI is InChI=1S/C28H25N5O3.C24H24N2O4/c1-18-9-14-25(27(34)29-18)32-16-22-21(28(32)35)5-4-8-26(22)36-17-20-12-10-19(11-13-20)15-33-24-7-3-2-6-23(24)30-31-33;1-15-9-10-20(23(27)25-15)26-12-19-18(24(26)28)6-4-8-22(19)30-14-16-11-17-5-2-3-7-21(17)29-13-16/h2-8,10-13,25H,1,9,14-17H2,(H,29,34);2-8,16,20H,1,9-14H2,(H,25,27). The van der Waals surface area contributed by atoms with E-state index in [1.807, 2.05) is 89.6 Å². The third-order valence-corrected chi connectivity index (χ3v) is 12.9. The summed E-state index contributed by atoms with van der Waals surface area (Å²) >= 11 is 0. The molecule has 0 bridgehead atoms. The molecule has 5 aliphatic heterocycles. The number of fused-ring (bicyclic) bond motifs is 4. The van der Waals surface area contributed by atoms with Gasteiger partial charge in [-0.05, 0) is 91.3 Å². The van der Waals surface area contributed by atoms with Gasteiger partial charge in [0.1, 0.15) is 41.5 Å². The molecule has 334 valence electrons. The normalized spacial score (nSPS) is 19.8. The number of ether oxygens (including phenoxy) is 3. The quantitative estimate of drug-likeness (QED) is 0.150. The molecule has 5 aromatic carbocycles. The second-order valence-electron chi connectivity index (χ2n) is 17.4. The molecule has 6 aromatic rings. The number of benzene rings is 5. The van der Waals surface area contributed by atoms with E-state index in [9.17, 15) is 19.2 Å². The number of nitrogens with one attached hydrogen (secondary N) is 2. The summed E-state index contributed by atoms with van der Waals surface area (Å²) in [6, 6.07) is 34.3. The predicted molar refractivity (Wildman–Crippen MR) is 245 cm³/mol. The zero-order valence-corrected chi connectivity index (χ0v) is 36.4. The zero-order chi connectivity index (χ0) is 45.3. The first-order valence-corrected chi connectivity index (χ1v) is 22.3. The molecule has 11 rings (SSSR count). The molecule has 3 unspecified atom stereocenters. The maximum absolute atomic E-state index is 13.1. The van der Waals surface area contributed by atoms with Crippen LogP contribution < -0.4 is 24.8 Å². The van der Waals surface area contributed by atoms with Gasteiger partial charge in [0, 0.05) is 39.6 Å². The summed E-state index contributed by atoms with van der Waals surface area (Å²) in [6.45, 7) is 10.5. The highest BCUT2D eigenvalue weighted by atomic mass is 16.5. The van der Waals surface area contributed by atoms with Crippen LogP contribution in [0.1, 0.15) is 74.2 Å². The van der Waals surface area contributed by atoms with E-state index < -0.39 is 12.1 Å². The van der Waals surface area contributed by atoms with Gasteiger partial charge in [0.05, 0.1) is 38.4 Å². The molecule has 2 fully saturated rings. The lowest BCUT2D eigenvalue weighted by atomic mass is 9.97. The number of amides is 4. The Balaban J connectivity index is 0.000000158. The van der Waals surface area contributed by atoms with E-state index in [-0.39, 0.29) is 29.5 Å². The largest absolute Gasteiger partial charge is 0.493 e. The summed E-state index contributed by atoms with van der Waals surface area (Å²) in [5.74, 6) is 2.00. The SMILES string of the molecule is C=C1CCC(N2Cc3c(OCC4COc5ccccc5C4)cccc3C2=O)C(=O)N1.C=C1CCC(N2Cc3c(OCc4ccc(Cn5nnc6ccccc65)cc4)cccc3C2=O)C(=O)N1. The first-order valence-electron chi connectivity index (χ1n) is 22.3. The van der Waals surface area contributed by atoms with Crippen LogP contribution in [0.5, 0.6) is 17.2 Å². The summed E-state index contributed by atoms with van der Waals surface area (Å²) in [6.07, 6.45) is 3.44. The predicted octanol–water partition coefficient (Wildman–Crippen LogP) is 6.87. The van der Waals surface area contributed by atoms with Gasteiger partial charge in [0.15, 0.2) is 0 Å². The summed E-state index contributed by atoms with van der Waals surface area (Å²) in [4.78, 5) is 54.2. The van der Waals surface area contributed by atoms with Crippen LogP contribution >= 0.6 is 0 Å². The Hall–Kier alpha value is -7.74. The molecular formula is C52H49N7O7. The van der Waals surface area contributed by atoms with E-state index in [2.05, 4.69) is 52.3 Å². The van der Waals surface area contributed by atoms with Gasteiger partial charge in [-0.15, -0.1) is 5.10 Å². The summed E-state index contributed by atoms with van der Waals surface area (Å²) < 4.78 is 20.0. The van der Waals surface area contributed by atoms with Crippen LogP contribution in [-0.2, 0) is 42.3 Å². The lowest BCUT2D eigenvalue weighted by Gasteiger charge is -2.31. The van der Waals surface area contributed by atoms with Gasteiger partial charge in [-0.3, -0.25) is 19.2 Å². The second kappa shape index (κ2) is 18.0. The minimum atomic E-state index is -0.488. The van der Waals surface area contributed by atoms with Gasteiger partial charge < -0.3 is 34.6 Å². The Labute approximate surface area is 381 Å². The minimum Gasteiger partial charge on any atom is -0.493 e. The number of nitrogens with zero attached hydrogens (tertiary/aromatic N) is 5. The van der Waals surface area contributed by atoms with Crippen LogP contribution in [-0.4, -0.2) is 73.7 Å². The van der Waals surface area contributed by atoms with Crippen LogP contribution in [0.3, 0.4) is 0 Å². The van der Waals surface area contributed by atoms with E-state index in [0.717, 1.165) is 45.5 Å². The molecule has 2 N–H and O–H groups in total. The summed E-state index contributed by atoms with van der Waals surface area (Å²) in [7, 11) is 0.